The maximum atomic E-state index is 10.7. The molecule has 0 aromatic heterocycles. The lowest BCUT2D eigenvalue weighted by Gasteiger charge is -2.37. The Morgan fingerprint density at radius 1 is 0.561 bits per heavy atom. The zero-order valence-corrected chi connectivity index (χ0v) is 24.6. The van der Waals surface area contributed by atoms with Crippen molar-refractivity contribution >= 4 is 39.6 Å². The van der Waals surface area contributed by atoms with Crippen molar-refractivity contribution in [2.75, 3.05) is 0 Å². The monoisotopic (exact) mass is 532 g/mol. The molecular formula is C39H37BO. The molecule has 1 aliphatic rings. The van der Waals surface area contributed by atoms with Gasteiger partial charge in [-0.15, -0.1) is 0 Å². The Bertz CT molecular complexity index is 1920. The summed E-state index contributed by atoms with van der Waals surface area (Å²) >= 11 is 0. The van der Waals surface area contributed by atoms with Crippen molar-refractivity contribution in [3.05, 3.63) is 120 Å². The highest BCUT2D eigenvalue weighted by Crippen LogP contribution is 2.43. The number of hydrogen-bond acceptors (Lipinski definition) is 1. The van der Waals surface area contributed by atoms with Gasteiger partial charge in [0.05, 0.1) is 5.60 Å². The third kappa shape index (κ3) is 4.28. The van der Waals surface area contributed by atoms with E-state index in [1.807, 2.05) is 13.8 Å². The molecule has 0 saturated carbocycles. The Morgan fingerprint density at radius 2 is 1.07 bits per heavy atom. The van der Waals surface area contributed by atoms with Crippen molar-refractivity contribution in [3.8, 4) is 22.3 Å². The van der Waals surface area contributed by atoms with Crippen LogP contribution in [0, 0.1) is 0 Å². The van der Waals surface area contributed by atoms with Gasteiger partial charge in [-0.25, -0.2) is 0 Å². The van der Waals surface area contributed by atoms with Crippen LogP contribution in [0.2, 0.25) is 5.31 Å². The molecule has 0 saturated heterocycles. The summed E-state index contributed by atoms with van der Waals surface area (Å²) in [7, 11) is 0.958. The van der Waals surface area contributed by atoms with Gasteiger partial charge in [0.25, 0.3) is 0 Å². The van der Waals surface area contributed by atoms with Gasteiger partial charge in [-0.1, -0.05) is 123 Å². The van der Waals surface area contributed by atoms with Gasteiger partial charge >= 0.3 is 0 Å². The molecule has 41 heavy (non-hydrogen) atoms. The predicted molar refractivity (Wildman–Crippen MR) is 178 cm³/mol. The van der Waals surface area contributed by atoms with Gasteiger partial charge in [-0.3, -0.25) is 0 Å². The average Bonchev–Trinajstić information content (AvgIpc) is 2.99. The van der Waals surface area contributed by atoms with E-state index in [1.165, 1.54) is 71.3 Å². The highest BCUT2D eigenvalue weighted by atomic mass is 16.3. The highest BCUT2D eigenvalue weighted by Gasteiger charge is 2.35. The molecule has 0 atom stereocenters. The molecule has 0 unspecified atom stereocenters. The molecular weight excluding hydrogens is 495 g/mol. The maximum Gasteiger partial charge on any atom is 0.136 e. The van der Waals surface area contributed by atoms with Crippen LogP contribution >= 0.6 is 0 Å². The highest BCUT2D eigenvalue weighted by molar-refractivity contribution is 6.40. The van der Waals surface area contributed by atoms with Crippen molar-refractivity contribution in [1.29, 1.82) is 0 Å². The molecule has 202 valence electrons. The first kappa shape index (κ1) is 26.1. The molecule has 1 N–H and O–H groups in total. The lowest BCUT2D eigenvalue weighted by molar-refractivity contribution is 0.0403. The molecule has 0 spiro atoms. The standard InChI is InChI=1S/C39H37BO/c1-38(2,39(3,4)41)40-24-26-11-9-17-29-28(26)21-22-35-27(16-10-18-33(29)35)25-19-20-36-32-14-6-5-12-30(32)31-13-7-8-15-34(31)37(36)23-25/h5-20,23,40-41H,21-22,24H2,1-4H3. The van der Waals surface area contributed by atoms with Crippen LogP contribution in [0.4, 0.5) is 0 Å². The molecule has 2 heteroatoms. The second-order valence-corrected chi connectivity index (χ2v) is 13.1. The van der Waals surface area contributed by atoms with Gasteiger partial charge in [0.2, 0.25) is 0 Å². The van der Waals surface area contributed by atoms with E-state index in [-0.39, 0.29) is 5.31 Å². The molecule has 6 aromatic carbocycles. The Hall–Kier alpha value is -3.88. The summed E-state index contributed by atoms with van der Waals surface area (Å²) < 4.78 is 0. The first-order valence-electron chi connectivity index (χ1n) is 15.0. The summed E-state index contributed by atoms with van der Waals surface area (Å²) in [6.07, 6.45) is 3.08. The number of benzene rings is 6. The molecule has 0 bridgehead atoms. The molecule has 0 heterocycles. The van der Waals surface area contributed by atoms with Gasteiger partial charge in [0.15, 0.2) is 0 Å². The third-order valence-electron chi connectivity index (χ3n) is 10.1. The molecule has 0 fully saturated rings. The molecule has 0 aliphatic heterocycles. The van der Waals surface area contributed by atoms with Gasteiger partial charge < -0.3 is 5.11 Å². The SMILES string of the molecule is CC(C)(O)C(C)(C)BCc1cccc2c1CCc1c(-c3ccc4c5ccccc5c5ccccc5c4c3)cccc1-2. The summed E-state index contributed by atoms with van der Waals surface area (Å²) in [4.78, 5) is 0. The minimum Gasteiger partial charge on any atom is -0.391 e. The number of hydrogen-bond donors (Lipinski definition) is 1. The molecule has 0 radical (unpaired) electrons. The van der Waals surface area contributed by atoms with E-state index >= 15 is 0 Å². The fourth-order valence-electron chi connectivity index (χ4n) is 6.87. The van der Waals surface area contributed by atoms with Crippen LogP contribution in [0.3, 0.4) is 0 Å². The zero-order chi connectivity index (χ0) is 28.4. The Morgan fingerprint density at radius 3 is 1.71 bits per heavy atom. The van der Waals surface area contributed by atoms with Crippen LogP contribution < -0.4 is 0 Å². The van der Waals surface area contributed by atoms with Crippen LogP contribution in [0.5, 0.6) is 0 Å². The van der Waals surface area contributed by atoms with Crippen molar-refractivity contribution in [2.45, 2.75) is 57.8 Å². The average molecular weight is 533 g/mol. The smallest absolute Gasteiger partial charge is 0.136 e. The predicted octanol–water partition coefficient (Wildman–Crippen LogP) is 9.48. The van der Waals surface area contributed by atoms with E-state index in [9.17, 15) is 5.11 Å². The minimum atomic E-state index is -0.708. The number of aliphatic hydroxyl groups is 1. The minimum absolute atomic E-state index is 0.152. The fraction of sp³-hybridized carbons (Fsp3) is 0.231. The van der Waals surface area contributed by atoms with E-state index in [0.29, 0.717) is 0 Å². The molecule has 6 aromatic rings. The molecule has 7 rings (SSSR count). The Labute approximate surface area is 244 Å². The Kier molecular flexibility index (Phi) is 6.10. The van der Waals surface area contributed by atoms with Crippen molar-refractivity contribution in [2.24, 2.45) is 0 Å². The summed E-state index contributed by atoms with van der Waals surface area (Å²) in [5, 5.41) is 18.5. The van der Waals surface area contributed by atoms with Crippen molar-refractivity contribution in [3.63, 3.8) is 0 Å². The first-order valence-corrected chi connectivity index (χ1v) is 15.0. The second-order valence-electron chi connectivity index (χ2n) is 13.1. The lowest BCUT2D eigenvalue weighted by Crippen LogP contribution is -2.38. The summed E-state index contributed by atoms with van der Waals surface area (Å²) in [5.41, 5.74) is 9.06. The van der Waals surface area contributed by atoms with E-state index < -0.39 is 5.60 Å². The van der Waals surface area contributed by atoms with Gasteiger partial charge in [0.1, 0.15) is 7.28 Å². The largest absolute Gasteiger partial charge is 0.391 e. The number of rotatable bonds is 5. The van der Waals surface area contributed by atoms with E-state index in [4.69, 9.17) is 0 Å². The van der Waals surface area contributed by atoms with Crippen LogP contribution in [-0.4, -0.2) is 18.0 Å². The second kappa shape index (κ2) is 9.60. The molecule has 1 nitrogen and oxygen atoms in total. The van der Waals surface area contributed by atoms with Gasteiger partial charge in [-0.05, 0) is 104 Å². The zero-order valence-electron chi connectivity index (χ0n) is 24.6. The van der Waals surface area contributed by atoms with Crippen molar-refractivity contribution in [1.82, 2.24) is 0 Å². The molecule has 0 amide bonds. The maximum absolute atomic E-state index is 10.7. The molecule has 1 aliphatic carbocycles. The Balaban J connectivity index is 1.33. The lowest BCUT2D eigenvalue weighted by atomic mass is 9.45. The summed E-state index contributed by atoms with van der Waals surface area (Å²) in [5.74, 6) is 0. The van der Waals surface area contributed by atoms with E-state index in [2.05, 4.69) is 117 Å². The van der Waals surface area contributed by atoms with E-state index in [1.54, 1.807) is 0 Å². The van der Waals surface area contributed by atoms with Gasteiger partial charge in [-0.2, -0.15) is 0 Å². The first-order chi connectivity index (χ1) is 19.7. The van der Waals surface area contributed by atoms with Crippen LogP contribution in [0.15, 0.2) is 103 Å². The summed E-state index contributed by atoms with van der Waals surface area (Å²) in [6.45, 7) is 8.23. The number of fused-ring (bicyclic) bond motifs is 9. The van der Waals surface area contributed by atoms with Crippen molar-refractivity contribution < 1.29 is 5.11 Å². The van der Waals surface area contributed by atoms with Gasteiger partial charge in [0, 0.05) is 0 Å². The topological polar surface area (TPSA) is 20.2 Å². The van der Waals surface area contributed by atoms with Crippen LogP contribution in [0.25, 0.3) is 54.6 Å². The normalized spacial score (nSPS) is 13.4. The fourth-order valence-corrected chi connectivity index (χ4v) is 6.87. The van der Waals surface area contributed by atoms with E-state index in [0.717, 1.165) is 26.4 Å². The third-order valence-corrected chi connectivity index (χ3v) is 10.1. The van der Waals surface area contributed by atoms with Crippen LogP contribution in [0.1, 0.15) is 44.4 Å². The summed E-state index contributed by atoms with van der Waals surface area (Å²) in [6, 6.07) is 38.4. The quantitative estimate of drug-likeness (QED) is 0.173. The van der Waals surface area contributed by atoms with Crippen LogP contribution in [-0.2, 0) is 19.2 Å².